The van der Waals surface area contributed by atoms with E-state index in [2.05, 4.69) is 51.2 Å². The number of rotatable bonds is 9. The molecule has 1 aromatic carbocycles. The van der Waals surface area contributed by atoms with Crippen molar-refractivity contribution in [1.29, 1.82) is 0 Å². The van der Waals surface area contributed by atoms with Crippen molar-refractivity contribution in [3.05, 3.63) is 34.9 Å². The van der Waals surface area contributed by atoms with Gasteiger partial charge in [0.15, 0.2) is 0 Å². The van der Waals surface area contributed by atoms with Gasteiger partial charge in [0.25, 0.3) is 0 Å². The van der Waals surface area contributed by atoms with Crippen LogP contribution in [-0.2, 0) is 0 Å². The van der Waals surface area contributed by atoms with Gasteiger partial charge in [0, 0.05) is 6.04 Å². The van der Waals surface area contributed by atoms with Crippen molar-refractivity contribution in [3.63, 3.8) is 0 Å². The second-order valence-corrected chi connectivity index (χ2v) is 5.67. The Hall–Kier alpha value is -0.820. The molecule has 0 radical (unpaired) electrons. The van der Waals surface area contributed by atoms with Crippen LogP contribution in [0.4, 0.5) is 0 Å². The lowest BCUT2D eigenvalue weighted by Crippen LogP contribution is -2.21. The minimum Gasteiger partial charge on any atom is -0.310 e. The Morgan fingerprint density at radius 1 is 1.00 bits per heavy atom. The molecular formula is C18H31N. The van der Waals surface area contributed by atoms with Gasteiger partial charge in [0.1, 0.15) is 0 Å². The molecule has 1 N–H and O–H groups in total. The second-order valence-electron chi connectivity index (χ2n) is 5.67. The predicted molar refractivity (Wildman–Crippen MR) is 85.7 cm³/mol. The highest BCUT2D eigenvalue weighted by atomic mass is 14.9. The van der Waals surface area contributed by atoms with E-state index in [1.165, 1.54) is 55.2 Å². The van der Waals surface area contributed by atoms with Gasteiger partial charge >= 0.3 is 0 Å². The number of unbranched alkanes of at least 4 members (excludes halogenated alkanes) is 4. The molecule has 0 aliphatic rings. The zero-order valence-corrected chi connectivity index (χ0v) is 13.3. The normalized spacial score (nSPS) is 12.6. The van der Waals surface area contributed by atoms with E-state index >= 15 is 0 Å². The highest BCUT2D eigenvalue weighted by molar-refractivity contribution is 5.33. The van der Waals surface area contributed by atoms with Crippen LogP contribution in [0.1, 0.15) is 75.1 Å². The molecule has 0 bridgehead atoms. The van der Waals surface area contributed by atoms with Crippen molar-refractivity contribution in [2.75, 3.05) is 6.54 Å². The summed E-state index contributed by atoms with van der Waals surface area (Å²) in [5, 5.41) is 3.66. The molecule has 0 heterocycles. The standard InChI is InChI=1S/C18H31N/c1-5-7-8-9-10-11-18(19-6-2)17-14-15(3)12-13-16(17)4/h12-14,18-19H,5-11H2,1-4H3. The van der Waals surface area contributed by atoms with Crippen LogP contribution in [0.15, 0.2) is 18.2 Å². The molecule has 1 aromatic rings. The van der Waals surface area contributed by atoms with Gasteiger partial charge in [-0.05, 0) is 37.9 Å². The first kappa shape index (κ1) is 16.2. The zero-order chi connectivity index (χ0) is 14.1. The molecule has 19 heavy (non-hydrogen) atoms. The number of benzene rings is 1. The summed E-state index contributed by atoms with van der Waals surface area (Å²) in [7, 11) is 0. The van der Waals surface area contributed by atoms with E-state index in [-0.39, 0.29) is 0 Å². The maximum atomic E-state index is 3.66. The Morgan fingerprint density at radius 2 is 1.74 bits per heavy atom. The van der Waals surface area contributed by atoms with E-state index in [0.29, 0.717) is 6.04 Å². The Balaban J connectivity index is 2.58. The molecule has 0 spiro atoms. The van der Waals surface area contributed by atoms with E-state index < -0.39 is 0 Å². The lowest BCUT2D eigenvalue weighted by Gasteiger charge is -2.21. The minimum atomic E-state index is 0.534. The molecule has 1 atom stereocenters. The van der Waals surface area contributed by atoms with Gasteiger partial charge in [0.2, 0.25) is 0 Å². The van der Waals surface area contributed by atoms with Gasteiger partial charge in [-0.1, -0.05) is 69.7 Å². The van der Waals surface area contributed by atoms with Crippen LogP contribution in [0.2, 0.25) is 0 Å². The van der Waals surface area contributed by atoms with Crippen molar-refractivity contribution in [2.45, 2.75) is 72.3 Å². The summed E-state index contributed by atoms with van der Waals surface area (Å²) in [5.74, 6) is 0. The highest BCUT2D eigenvalue weighted by Crippen LogP contribution is 2.24. The summed E-state index contributed by atoms with van der Waals surface area (Å²) in [4.78, 5) is 0. The van der Waals surface area contributed by atoms with Gasteiger partial charge in [-0.3, -0.25) is 0 Å². The third-order valence-corrected chi connectivity index (χ3v) is 3.86. The first-order chi connectivity index (χ1) is 9.19. The van der Waals surface area contributed by atoms with Gasteiger partial charge in [-0.25, -0.2) is 0 Å². The molecule has 0 aliphatic heterocycles. The smallest absolute Gasteiger partial charge is 0.0322 e. The van der Waals surface area contributed by atoms with E-state index in [0.717, 1.165) is 6.54 Å². The number of aryl methyl sites for hydroxylation is 2. The third-order valence-electron chi connectivity index (χ3n) is 3.86. The van der Waals surface area contributed by atoms with Crippen molar-refractivity contribution in [1.82, 2.24) is 5.32 Å². The molecule has 0 saturated heterocycles. The van der Waals surface area contributed by atoms with Crippen LogP contribution in [0.25, 0.3) is 0 Å². The fourth-order valence-corrected chi connectivity index (χ4v) is 2.70. The highest BCUT2D eigenvalue weighted by Gasteiger charge is 2.12. The summed E-state index contributed by atoms with van der Waals surface area (Å²) < 4.78 is 0. The summed E-state index contributed by atoms with van der Waals surface area (Å²) in [6.07, 6.45) is 8.08. The second kappa shape index (κ2) is 9.14. The molecular weight excluding hydrogens is 230 g/mol. The summed E-state index contributed by atoms with van der Waals surface area (Å²) >= 11 is 0. The van der Waals surface area contributed by atoms with Crippen LogP contribution in [0, 0.1) is 13.8 Å². The molecule has 1 unspecified atom stereocenters. The summed E-state index contributed by atoms with van der Waals surface area (Å²) in [6.45, 7) is 9.95. The Labute approximate surface area is 119 Å². The fraction of sp³-hybridized carbons (Fsp3) is 0.667. The zero-order valence-electron chi connectivity index (χ0n) is 13.3. The average molecular weight is 261 g/mol. The molecule has 0 aromatic heterocycles. The van der Waals surface area contributed by atoms with E-state index in [9.17, 15) is 0 Å². The molecule has 1 nitrogen and oxygen atoms in total. The van der Waals surface area contributed by atoms with E-state index in [1.54, 1.807) is 0 Å². The molecule has 0 saturated carbocycles. The Bertz CT molecular complexity index is 357. The van der Waals surface area contributed by atoms with Gasteiger partial charge < -0.3 is 5.32 Å². The quantitative estimate of drug-likeness (QED) is 0.594. The molecule has 108 valence electrons. The summed E-state index contributed by atoms with van der Waals surface area (Å²) in [6, 6.07) is 7.36. The van der Waals surface area contributed by atoms with Crippen molar-refractivity contribution < 1.29 is 0 Å². The van der Waals surface area contributed by atoms with Crippen LogP contribution < -0.4 is 5.32 Å². The number of nitrogens with one attached hydrogen (secondary N) is 1. The topological polar surface area (TPSA) is 12.0 Å². The number of hydrogen-bond acceptors (Lipinski definition) is 1. The molecule has 0 amide bonds. The fourth-order valence-electron chi connectivity index (χ4n) is 2.70. The summed E-state index contributed by atoms with van der Waals surface area (Å²) in [5.41, 5.74) is 4.29. The first-order valence-corrected chi connectivity index (χ1v) is 7.99. The maximum Gasteiger partial charge on any atom is 0.0322 e. The lowest BCUT2D eigenvalue weighted by atomic mass is 9.94. The maximum absolute atomic E-state index is 3.66. The van der Waals surface area contributed by atoms with Gasteiger partial charge in [0.05, 0.1) is 0 Å². The van der Waals surface area contributed by atoms with Crippen LogP contribution in [0.5, 0.6) is 0 Å². The number of hydrogen-bond donors (Lipinski definition) is 1. The molecule has 0 aliphatic carbocycles. The SMILES string of the molecule is CCCCCCCC(NCC)c1cc(C)ccc1C. The molecule has 1 rings (SSSR count). The van der Waals surface area contributed by atoms with Crippen LogP contribution in [-0.4, -0.2) is 6.54 Å². The van der Waals surface area contributed by atoms with Crippen molar-refractivity contribution >= 4 is 0 Å². The Kier molecular flexibility index (Phi) is 7.81. The minimum absolute atomic E-state index is 0.534. The van der Waals surface area contributed by atoms with E-state index in [1.807, 2.05) is 0 Å². The van der Waals surface area contributed by atoms with Gasteiger partial charge in [-0.2, -0.15) is 0 Å². The van der Waals surface area contributed by atoms with Crippen LogP contribution >= 0.6 is 0 Å². The largest absolute Gasteiger partial charge is 0.310 e. The average Bonchev–Trinajstić information content (AvgIpc) is 2.40. The van der Waals surface area contributed by atoms with Crippen molar-refractivity contribution in [3.8, 4) is 0 Å². The predicted octanol–water partition coefficient (Wildman–Crippen LogP) is 5.31. The Morgan fingerprint density at radius 3 is 2.42 bits per heavy atom. The monoisotopic (exact) mass is 261 g/mol. The first-order valence-electron chi connectivity index (χ1n) is 7.99. The van der Waals surface area contributed by atoms with Crippen LogP contribution in [0.3, 0.4) is 0 Å². The van der Waals surface area contributed by atoms with Gasteiger partial charge in [-0.15, -0.1) is 0 Å². The lowest BCUT2D eigenvalue weighted by molar-refractivity contribution is 0.477. The van der Waals surface area contributed by atoms with Crippen molar-refractivity contribution in [2.24, 2.45) is 0 Å². The third kappa shape index (κ3) is 5.78. The van der Waals surface area contributed by atoms with E-state index in [4.69, 9.17) is 0 Å². The molecule has 0 fully saturated rings. The molecule has 1 heteroatoms.